The van der Waals surface area contributed by atoms with Gasteiger partial charge in [-0.2, -0.15) is 5.10 Å². The summed E-state index contributed by atoms with van der Waals surface area (Å²) < 4.78 is 4.87. The highest BCUT2D eigenvalue weighted by Gasteiger charge is 2.14. The molecule has 0 aliphatic carbocycles. The van der Waals surface area contributed by atoms with Crippen LogP contribution in [0.3, 0.4) is 0 Å². The second-order valence-electron chi connectivity index (χ2n) is 2.36. The van der Waals surface area contributed by atoms with E-state index in [1.807, 2.05) is 0 Å². The zero-order valence-electron chi connectivity index (χ0n) is 6.82. The van der Waals surface area contributed by atoms with Gasteiger partial charge in [0.15, 0.2) is 5.76 Å². The van der Waals surface area contributed by atoms with Gasteiger partial charge in [-0.3, -0.25) is 10.1 Å². The van der Waals surface area contributed by atoms with Gasteiger partial charge in [0.05, 0.1) is 12.3 Å². The molecule has 0 amide bonds. The molecular weight excluding hydrogens is 188 g/mol. The molecule has 0 aromatic carbocycles. The molecule has 0 atom stereocenters. The van der Waals surface area contributed by atoms with Gasteiger partial charge in [0, 0.05) is 6.20 Å². The van der Waals surface area contributed by atoms with E-state index in [0.29, 0.717) is 0 Å². The Balaban J connectivity index is 2.39. The number of rotatable bonds is 2. The summed E-state index contributed by atoms with van der Waals surface area (Å²) in [6, 6.07) is 2.67. The Morgan fingerprint density at radius 1 is 1.36 bits per heavy atom. The summed E-state index contributed by atoms with van der Waals surface area (Å²) in [6.07, 6.45) is 2.83. The first-order chi connectivity index (χ1) is 6.77. The monoisotopic (exact) mass is 192 g/mol. The van der Waals surface area contributed by atoms with Crippen molar-refractivity contribution in [3.63, 3.8) is 0 Å². The quantitative estimate of drug-likeness (QED) is 0.521. The molecule has 70 valence electrons. The van der Waals surface area contributed by atoms with Crippen molar-refractivity contribution in [1.82, 2.24) is 15.2 Å². The normalized spacial score (nSPS) is 10.0. The predicted octanol–water partition coefficient (Wildman–Crippen LogP) is 1.04. The first-order valence-corrected chi connectivity index (χ1v) is 3.65. The van der Waals surface area contributed by atoms with Crippen molar-refractivity contribution in [2.75, 3.05) is 0 Å². The molecular formula is C7H4N4O3. The van der Waals surface area contributed by atoms with E-state index in [4.69, 9.17) is 4.42 Å². The van der Waals surface area contributed by atoms with Crippen LogP contribution < -0.4 is 0 Å². The van der Waals surface area contributed by atoms with Gasteiger partial charge < -0.3 is 4.42 Å². The smallest absolute Gasteiger partial charge is 0.397 e. The summed E-state index contributed by atoms with van der Waals surface area (Å²) in [5.41, 5.74) is 0. The van der Waals surface area contributed by atoms with Crippen LogP contribution in [0, 0.1) is 10.1 Å². The molecule has 0 fully saturated rings. The molecule has 0 unspecified atom stereocenters. The maximum atomic E-state index is 10.3. The van der Waals surface area contributed by atoms with Crippen LogP contribution in [-0.2, 0) is 0 Å². The Morgan fingerprint density at radius 2 is 2.21 bits per heavy atom. The summed E-state index contributed by atoms with van der Waals surface area (Å²) in [5, 5.41) is 17.5. The van der Waals surface area contributed by atoms with Crippen LogP contribution in [0.5, 0.6) is 0 Å². The Morgan fingerprint density at radius 3 is 2.79 bits per heavy atom. The molecule has 0 saturated carbocycles. The molecule has 2 heterocycles. The van der Waals surface area contributed by atoms with E-state index in [2.05, 4.69) is 15.2 Å². The Kier molecular flexibility index (Phi) is 1.90. The number of furan rings is 1. The van der Waals surface area contributed by atoms with E-state index in [0.717, 1.165) is 0 Å². The van der Waals surface area contributed by atoms with Gasteiger partial charge in [-0.05, 0) is 6.07 Å². The molecule has 7 nitrogen and oxygen atoms in total. The van der Waals surface area contributed by atoms with E-state index in [9.17, 15) is 10.1 Å². The number of aromatic nitrogens is 3. The zero-order valence-corrected chi connectivity index (χ0v) is 6.82. The van der Waals surface area contributed by atoms with Crippen LogP contribution in [0.25, 0.3) is 11.6 Å². The van der Waals surface area contributed by atoms with Crippen LogP contribution >= 0.6 is 0 Å². The molecule has 7 heteroatoms. The van der Waals surface area contributed by atoms with Crippen molar-refractivity contribution in [3.05, 3.63) is 34.6 Å². The molecule has 0 aliphatic heterocycles. The fraction of sp³-hybridized carbons (Fsp3) is 0. The van der Waals surface area contributed by atoms with Crippen molar-refractivity contribution < 1.29 is 9.34 Å². The molecule has 2 aromatic heterocycles. The highest BCUT2D eigenvalue weighted by molar-refractivity contribution is 5.47. The highest BCUT2D eigenvalue weighted by Crippen LogP contribution is 2.21. The topological polar surface area (TPSA) is 95.0 Å². The summed E-state index contributed by atoms with van der Waals surface area (Å²) in [4.78, 5) is 13.5. The summed E-state index contributed by atoms with van der Waals surface area (Å²) in [5.74, 6) is 0.109. The van der Waals surface area contributed by atoms with Crippen molar-refractivity contribution in [2.24, 2.45) is 0 Å². The average molecular weight is 192 g/mol. The second kappa shape index (κ2) is 3.21. The van der Waals surface area contributed by atoms with Gasteiger partial charge in [-0.25, -0.2) is 4.98 Å². The Labute approximate surface area is 77.6 Å². The van der Waals surface area contributed by atoms with Crippen LogP contribution in [-0.4, -0.2) is 20.1 Å². The molecule has 0 radical (unpaired) electrons. The number of nitro groups is 1. The van der Waals surface area contributed by atoms with Crippen molar-refractivity contribution >= 4 is 5.88 Å². The van der Waals surface area contributed by atoms with Crippen LogP contribution in [0.2, 0.25) is 0 Å². The molecule has 0 saturated heterocycles. The Hall–Kier alpha value is -2.31. The largest absolute Gasteiger partial charge is 0.433 e. The molecule has 14 heavy (non-hydrogen) atoms. The minimum absolute atomic E-state index is 0.223. The third-order valence-corrected chi connectivity index (χ3v) is 1.47. The molecule has 0 spiro atoms. The van der Waals surface area contributed by atoms with Gasteiger partial charge in [0.1, 0.15) is 4.92 Å². The highest BCUT2D eigenvalue weighted by atomic mass is 16.6. The number of hydrogen-bond acceptors (Lipinski definition) is 6. The fourth-order valence-electron chi connectivity index (χ4n) is 0.906. The second-order valence-corrected chi connectivity index (χ2v) is 2.36. The van der Waals surface area contributed by atoms with Crippen molar-refractivity contribution in [1.29, 1.82) is 0 Å². The first-order valence-electron chi connectivity index (χ1n) is 3.65. The molecule has 0 bridgehead atoms. The van der Waals surface area contributed by atoms with E-state index in [-0.39, 0.29) is 17.5 Å². The minimum Gasteiger partial charge on any atom is -0.397 e. The van der Waals surface area contributed by atoms with E-state index in [1.165, 1.54) is 24.5 Å². The molecule has 0 N–H and O–H groups in total. The van der Waals surface area contributed by atoms with Crippen molar-refractivity contribution in [3.8, 4) is 11.6 Å². The van der Waals surface area contributed by atoms with Crippen molar-refractivity contribution in [2.45, 2.75) is 0 Å². The van der Waals surface area contributed by atoms with E-state index >= 15 is 0 Å². The van der Waals surface area contributed by atoms with E-state index in [1.54, 1.807) is 0 Å². The average Bonchev–Trinajstić information content (AvgIpc) is 2.68. The van der Waals surface area contributed by atoms with Gasteiger partial charge in [0.25, 0.3) is 0 Å². The predicted molar refractivity (Wildman–Crippen MR) is 44.2 cm³/mol. The minimum atomic E-state index is -0.625. The molecule has 2 rings (SSSR count). The maximum Gasteiger partial charge on any atom is 0.433 e. The lowest BCUT2D eigenvalue weighted by Gasteiger charge is -1.89. The number of hydrogen-bond donors (Lipinski definition) is 0. The fourth-order valence-corrected chi connectivity index (χ4v) is 0.906. The van der Waals surface area contributed by atoms with Gasteiger partial charge >= 0.3 is 5.88 Å². The first kappa shape index (κ1) is 8.30. The van der Waals surface area contributed by atoms with Crippen LogP contribution in [0.15, 0.2) is 28.9 Å². The van der Waals surface area contributed by atoms with Gasteiger partial charge in [-0.1, -0.05) is 0 Å². The summed E-state index contributed by atoms with van der Waals surface area (Å²) in [7, 11) is 0. The van der Waals surface area contributed by atoms with Gasteiger partial charge in [-0.15, -0.1) is 5.10 Å². The Bertz CT molecular complexity index is 453. The molecule has 0 aliphatic rings. The lowest BCUT2D eigenvalue weighted by molar-refractivity contribution is -0.401. The number of nitrogens with zero attached hydrogens (tertiary/aromatic N) is 4. The zero-order chi connectivity index (χ0) is 9.97. The maximum absolute atomic E-state index is 10.3. The van der Waals surface area contributed by atoms with Gasteiger partial charge in [0.2, 0.25) is 5.82 Å². The third kappa shape index (κ3) is 1.42. The lowest BCUT2D eigenvalue weighted by atomic mass is 10.4. The summed E-state index contributed by atoms with van der Waals surface area (Å²) in [6.45, 7) is 0. The third-order valence-electron chi connectivity index (χ3n) is 1.47. The SMILES string of the molecule is O=[N+]([O-])c1ccc(-c2nccnn2)o1. The van der Waals surface area contributed by atoms with Crippen LogP contribution in [0.4, 0.5) is 5.88 Å². The van der Waals surface area contributed by atoms with E-state index < -0.39 is 4.92 Å². The molecule has 2 aromatic rings. The summed E-state index contributed by atoms with van der Waals surface area (Å²) >= 11 is 0. The standard InChI is InChI=1S/C7H4N4O3/c12-11(13)6-2-1-5(14-6)7-8-3-4-9-10-7/h1-4H. The lowest BCUT2D eigenvalue weighted by Crippen LogP contribution is -1.88. The van der Waals surface area contributed by atoms with Crippen LogP contribution in [0.1, 0.15) is 0 Å².